The molecule has 0 N–H and O–H groups in total. The van der Waals surface area contributed by atoms with Gasteiger partial charge in [0.25, 0.3) is 5.69 Å². The summed E-state index contributed by atoms with van der Waals surface area (Å²) >= 11 is 0. The van der Waals surface area contributed by atoms with Crippen molar-refractivity contribution in [1.29, 1.82) is 0 Å². The molecule has 6 nitrogen and oxygen atoms in total. The highest BCUT2D eigenvalue weighted by Crippen LogP contribution is 2.26. The Hall–Kier alpha value is -3.15. The molecule has 0 radical (unpaired) electrons. The fraction of sp³-hybridized carbons (Fsp3) is 0.118. The average molecular weight is 309 g/mol. The molecule has 0 aliphatic rings. The van der Waals surface area contributed by atoms with Crippen molar-refractivity contribution in [2.24, 2.45) is 0 Å². The lowest BCUT2D eigenvalue weighted by Gasteiger charge is -2.03. The maximum Gasteiger partial charge on any atom is 0.269 e. The minimum absolute atomic E-state index is 0.0714. The second kappa shape index (κ2) is 6.31. The predicted molar refractivity (Wildman–Crippen MR) is 87.6 cm³/mol. The van der Waals surface area contributed by atoms with Crippen molar-refractivity contribution in [3.8, 4) is 5.88 Å². The normalized spacial score (nSPS) is 10.6. The van der Waals surface area contributed by atoms with Gasteiger partial charge in [0.1, 0.15) is 6.61 Å². The van der Waals surface area contributed by atoms with Gasteiger partial charge in [-0.25, -0.2) is 0 Å². The van der Waals surface area contributed by atoms with Crippen molar-refractivity contribution < 1.29 is 9.66 Å². The largest absolute Gasteiger partial charge is 0.472 e. The van der Waals surface area contributed by atoms with Crippen LogP contribution in [0.3, 0.4) is 0 Å². The predicted octanol–water partition coefficient (Wildman–Crippen LogP) is 3.56. The molecule has 3 aromatic rings. The first kappa shape index (κ1) is 14.8. The molecule has 0 fully saturated rings. The van der Waals surface area contributed by atoms with E-state index < -0.39 is 4.92 Å². The number of non-ortho nitro benzene ring substituents is 1. The second-order valence-electron chi connectivity index (χ2n) is 5.01. The smallest absolute Gasteiger partial charge is 0.269 e. The molecule has 0 aliphatic carbocycles. The van der Waals surface area contributed by atoms with Crippen molar-refractivity contribution in [3.63, 3.8) is 0 Å². The number of fused-ring (bicyclic) bond motifs is 1. The van der Waals surface area contributed by atoms with Gasteiger partial charge in [-0.1, -0.05) is 36.9 Å². The van der Waals surface area contributed by atoms with Crippen LogP contribution >= 0.6 is 0 Å². The summed E-state index contributed by atoms with van der Waals surface area (Å²) in [5.74, 6) is 0.533. The lowest BCUT2D eigenvalue weighted by atomic mass is 10.2. The van der Waals surface area contributed by atoms with E-state index in [1.165, 1.54) is 6.07 Å². The summed E-state index contributed by atoms with van der Waals surface area (Å²) in [5.41, 5.74) is 1.79. The van der Waals surface area contributed by atoms with Gasteiger partial charge >= 0.3 is 0 Å². The van der Waals surface area contributed by atoms with Gasteiger partial charge in [-0.15, -0.1) is 5.10 Å². The lowest BCUT2D eigenvalue weighted by Crippen LogP contribution is -2.03. The van der Waals surface area contributed by atoms with Gasteiger partial charge in [0.15, 0.2) is 0 Å². The van der Waals surface area contributed by atoms with E-state index in [1.54, 1.807) is 22.9 Å². The number of nitro benzene ring substituents is 1. The first-order valence-corrected chi connectivity index (χ1v) is 7.11. The third-order valence-corrected chi connectivity index (χ3v) is 3.42. The zero-order chi connectivity index (χ0) is 16.2. The Kier molecular flexibility index (Phi) is 4.05. The van der Waals surface area contributed by atoms with Crippen LogP contribution in [0.5, 0.6) is 5.88 Å². The summed E-state index contributed by atoms with van der Waals surface area (Å²) in [6, 6.07) is 14.3. The van der Waals surface area contributed by atoms with Crippen LogP contribution in [0, 0.1) is 10.1 Å². The third-order valence-electron chi connectivity index (χ3n) is 3.42. The molecule has 0 saturated carbocycles. The molecule has 0 atom stereocenters. The fourth-order valence-corrected chi connectivity index (χ4v) is 2.40. The van der Waals surface area contributed by atoms with Crippen LogP contribution in [0.4, 0.5) is 5.69 Å². The molecule has 2 aromatic carbocycles. The summed E-state index contributed by atoms with van der Waals surface area (Å²) in [6.45, 7) is 4.44. The Balaban J connectivity index is 1.98. The second-order valence-corrected chi connectivity index (χ2v) is 5.01. The molecule has 0 bridgehead atoms. The van der Waals surface area contributed by atoms with E-state index in [9.17, 15) is 10.1 Å². The quantitative estimate of drug-likeness (QED) is 0.396. The third kappa shape index (κ3) is 3.06. The summed E-state index contributed by atoms with van der Waals surface area (Å²) < 4.78 is 7.38. The summed E-state index contributed by atoms with van der Waals surface area (Å²) in [5, 5.41) is 16.3. The van der Waals surface area contributed by atoms with E-state index in [4.69, 9.17) is 4.74 Å². The number of ether oxygens (including phenoxy) is 1. The van der Waals surface area contributed by atoms with Crippen LogP contribution in [-0.4, -0.2) is 21.3 Å². The van der Waals surface area contributed by atoms with Gasteiger partial charge in [0.2, 0.25) is 5.88 Å². The SMILES string of the molecule is C=CCOc1nn(Cc2cccc([N+](=O)[O-])c2)c2ccccc12. The molecular formula is C17H15N3O3. The molecule has 6 heteroatoms. The number of para-hydroxylation sites is 1. The monoisotopic (exact) mass is 309 g/mol. The van der Waals surface area contributed by atoms with E-state index in [0.29, 0.717) is 19.0 Å². The van der Waals surface area contributed by atoms with Gasteiger partial charge in [-0.3, -0.25) is 14.8 Å². The molecule has 0 spiro atoms. The van der Waals surface area contributed by atoms with Gasteiger partial charge in [0, 0.05) is 12.1 Å². The fourth-order valence-electron chi connectivity index (χ4n) is 2.40. The number of aromatic nitrogens is 2. The minimum atomic E-state index is -0.399. The van der Waals surface area contributed by atoms with Crippen molar-refractivity contribution in [3.05, 3.63) is 76.9 Å². The topological polar surface area (TPSA) is 70.2 Å². The molecule has 0 amide bonds. The van der Waals surface area contributed by atoms with E-state index in [0.717, 1.165) is 16.5 Å². The Labute approximate surface area is 132 Å². The molecule has 116 valence electrons. The molecule has 0 saturated heterocycles. The first-order valence-electron chi connectivity index (χ1n) is 7.11. The van der Waals surface area contributed by atoms with Gasteiger partial charge in [0.05, 0.1) is 22.4 Å². The van der Waals surface area contributed by atoms with Crippen LogP contribution in [-0.2, 0) is 6.54 Å². The molecule has 1 heterocycles. The number of hydrogen-bond acceptors (Lipinski definition) is 4. The Morgan fingerprint density at radius 1 is 1.26 bits per heavy atom. The minimum Gasteiger partial charge on any atom is -0.472 e. The zero-order valence-corrected chi connectivity index (χ0v) is 12.4. The van der Waals surface area contributed by atoms with E-state index in [1.807, 2.05) is 30.3 Å². The maximum absolute atomic E-state index is 10.9. The van der Waals surface area contributed by atoms with Gasteiger partial charge in [-0.05, 0) is 17.7 Å². The molecule has 23 heavy (non-hydrogen) atoms. The Bertz CT molecular complexity index is 870. The van der Waals surface area contributed by atoms with E-state index >= 15 is 0 Å². The van der Waals surface area contributed by atoms with Crippen LogP contribution in [0.25, 0.3) is 10.9 Å². The van der Waals surface area contributed by atoms with E-state index in [-0.39, 0.29) is 5.69 Å². The molecular weight excluding hydrogens is 294 g/mol. The summed E-state index contributed by atoms with van der Waals surface area (Å²) in [6.07, 6.45) is 1.66. The highest BCUT2D eigenvalue weighted by molar-refractivity contribution is 5.84. The van der Waals surface area contributed by atoms with Crippen molar-refractivity contribution in [2.45, 2.75) is 6.54 Å². The van der Waals surface area contributed by atoms with Crippen molar-refractivity contribution >= 4 is 16.6 Å². The molecule has 1 aromatic heterocycles. The van der Waals surface area contributed by atoms with Crippen molar-refractivity contribution in [1.82, 2.24) is 9.78 Å². The van der Waals surface area contributed by atoms with E-state index in [2.05, 4.69) is 11.7 Å². The zero-order valence-electron chi connectivity index (χ0n) is 12.4. The van der Waals surface area contributed by atoms with Crippen LogP contribution < -0.4 is 4.74 Å². The number of hydrogen-bond donors (Lipinski definition) is 0. The number of benzene rings is 2. The van der Waals surface area contributed by atoms with Gasteiger partial charge < -0.3 is 4.74 Å². The van der Waals surface area contributed by atoms with Crippen LogP contribution in [0.1, 0.15) is 5.56 Å². The number of rotatable bonds is 6. The first-order chi connectivity index (χ1) is 11.2. The number of nitrogens with zero attached hydrogens (tertiary/aromatic N) is 3. The van der Waals surface area contributed by atoms with Crippen LogP contribution in [0.15, 0.2) is 61.2 Å². The highest BCUT2D eigenvalue weighted by Gasteiger charge is 2.12. The summed E-state index contributed by atoms with van der Waals surface area (Å²) in [7, 11) is 0. The lowest BCUT2D eigenvalue weighted by molar-refractivity contribution is -0.384. The Morgan fingerprint density at radius 3 is 2.87 bits per heavy atom. The molecule has 3 rings (SSSR count). The molecule has 0 unspecified atom stereocenters. The summed E-state index contributed by atoms with van der Waals surface area (Å²) in [4.78, 5) is 10.5. The Morgan fingerprint density at radius 2 is 2.09 bits per heavy atom. The maximum atomic E-state index is 10.9. The number of nitro groups is 1. The standard InChI is InChI=1S/C17H15N3O3/c1-2-10-23-17-15-8-3-4-9-16(15)19(18-17)12-13-6-5-7-14(11-13)20(21)22/h2-9,11H,1,10,12H2. The van der Waals surface area contributed by atoms with Crippen LogP contribution in [0.2, 0.25) is 0 Å². The average Bonchev–Trinajstić information content (AvgIpc) is 2.91. The highest BCUT2D eigenvalue weighted by atomic mass is 16.6. The molecule has 0 aliphatic heterocycles. The van der Waals surface area contributed by atoms with Gasteiger partial charge in [-0.2, -0.15) is 0 Å². The van der Waals surface area contributed by atoms with Crippen molar-refractivity contribution in [2.75, 3.05) is 6.61 Å².